The fourth-order valence-corrected chi connectivity index (χ4v) is 2.01. The molecule has 0 saturated heterocycles. The van der Waals surface area contributed by atoms with Crippen molar-refractivity contribution < 1.29 is 19.3 Å². The highest BCUT2D eigenvalue weighted by atomic mass is 16.6. The molecule has 0 atom stereocenters. The lowest BCUT2D eigenvalue weighted by molar-refractivity contribution is -0.396. The molecule has 0 radical (unpaired) electrons. The van der Waals surface area contributed by atoms with Gasteiger partial charge < -0.3 is 15.4 Å². The predicted molar refractivity (Wildman–Crippen MR) is 94.4 cm³/mol. The fraction of sp³-hybridized carbons (Fsp3) is 0.688. The molecule has 1 aromatic rings. The fourth-order valence-electron chi connectivity index (χ4n) is 2.01. The largest absolute Gasteiger partial charge is 0.434 e. The first-order chi connectivity index (χ1) is 12.0. The Kier molecular flexibility index (Phi) is 7.54. The van der Waals surface area contributed by atoms with Crippen LogP contribution in [0.2, 0.25) is 0 Å². The minimum Gasteiger partial charge on any atom is -0.390 e. The van der Waals surface area contributed by atoms with E-state index in [9.17, 15) is 19.7 Å². The Morgan fingerprint density at radius 2 is 1.96 bits per heavy atom. The number of hydrogen-bond acceptors (Lipinski definition) is 8. The number of nitrogens with zero attached hydrogens (tertiary/aromatic N) is 3. The maximum absolute atomic E-state index is 12.3. The number of hydrogen-bond donors (Lipinski definition) is 2. The monoisotopic (exact) mass is 369 g/mol. The molecule has 0 amide bonds. The number of hydroxylamine groups is 1. The molecule has 10 heteroatoms. The highest BCUT2D eigenvalue weighted by molar-refractivity contribution is 5.87. The molecular weight excluding hydrogens is 342 g/mol. The van der Waals surface area contributed by atoms with Gasteiger partial charge in [0.25, 0.3) is 0 Å². The molecule has 10 nitrogen and oxygen atoms in total. The zero-order chi connectivity index (χ0) is 20.0. The van der Waals surface area contributed by atoms with E-state index in [1.165, 1.54) is 23.9 Å². The van der Waals surface area contributed by atoms with E-state index in [2.05, 4.69) is 15.8 Å². The van der Waals surface area contributed by atoms with Crippen molar-refractivity contribution in [3.8, 4) is 0 Å². The van der Waals surface area contributed by atoms with Gasteiger partial charge in [0.1, 0.15) is 18.2 Å². The van der Waals surface area contributed by atoms with Crippen molar-refractivity contribution in [2.75, 3.05) is 13.2 Å². The van der Waals surface area contributed by atoms with Crippen molar-refractivity contribution in [3.05, 3.63) is 22.5 Å². The summed E-state index contributed by atoms with van der Waals surface area (Å²) in [6, 6.07) is 0. The highest BCUT2D eigenvalue weighted by Crippen LogP contribution is 2.12. The van der Waals surface area contributed by atoms with Crippen molar-refractivity contribution in [2.45, 2.75) is 58.7 Å². The van der Waals surface area contributed by atoms with Crippen LogP contribution in [0.25, 0.3) is 0 Å². The molecule has 0 bridgehead atoms. The summed E-state index contributed by atoms with van der Waals surface area (Å²) in [5.74, 6) is -0.425. The second-order valence-corrected chi connectivity index (χ2v) is 7.03. The number of carbonyl (C=O) groups excluding carboxylic acids is 2. The third kappa shape index (κ3) is 6.28. The molecule has 0 fully saturated rings. The van der Waals surface area contributed by atoms with E-state index in [0.29, 0.717) is 6.54 Å². The van der Waals surface area contributed by atoms with Gasteiger partial charge in [0, 0.05) is 13.0 Å². The predicted octanol–water partition coefficient (Wildman–Crippen LogP) is 1.01. The first-order valence-electron chi connectivity index (χ1n) is 8.31. The number of aryl methyl sites for hydroxylation is 1. The summed E-state index contributed by atoms with van der Waals surface area (Å²) in [4.78, 5) is 42.9. The minimum absolute atomic E-state index is 0.0227. The number of aromatic nitrogens is 2. The summed E-state index contributed by atoms with van der Waals surface area (Å²) in [5.41, 5.74) is 1.12. The van der Waals surface area contributed by atoms with Gasteiger partial charge in [-0.05, 0) is 39.5 Å². The molecule has 26 heavy (non-hydrogen) atoms. The molecule has 1 heterocycles. The zero-order valence-corrected chi connectivity index (χ0v) is 15.9. The molecule has 0 aliphatic carbocycles. The topological polar surface area (TPSA) is 128 Å². The summed E-state index contributed by atoms with van der Waals surface area (Å²) in [5, 5.41) is 13.9. The van der Waals surface area contributed by atoms with Crippen LogP contribution in [-0.2, 0) is 21.0 Å². The molecule has 0 unspecified atom stereocenters. The molecule has 0 spiro atoms. The van der Waals surface area contributed by atoms with E-state index in [-0.39, 0.29) is 37.1 Å². The van der Waals surface area contributed by atoms with E-state index in [1.807, 2.05) is 0 Å². The van der Waals surface area contributed by atoms with Crippen molar-refractivity contribution in [2.24, 2.45) is 0 Å². The van der Waals surface area contributed by atoms with Crippen LogP contribution >= 0.6 is 0 Å². The Hall–Kier alpha value is -2.17. The van der Waals surface area contributed by atoms with Gasteiger partial charge in [-0.3, -0.25) is 14.4 Å². The molecule has 0 aliphatic rings. The Labute approximate surface area is 152 Å². The van der Waals surface area contributed by atoms with E-state index >= 15 is 0 Å². The van der Waals surface area contributed by atoms with Crippen LogP contribution in [-0.4, -0.2) is 50.3 Å². The SMILES string of the molecule is CC(=O)C(C)(C)NCCONC(C)(C)C(=O)CCn1ccnc1[N+](=O)[O-]. The number of carbonyl (C=O) groups is 2. The third-order valence-electron chi connectivity index (χ3n) is 4.11. The minimum atomic E-state index is -0.953. The summed E-state index contributed by atoms with van der Waals surface area (Å²) in [6.45, 7) is 9.28. The number of imidazole rings is 1. The van der Waals surface area contributed by atoms with Gasteiger partial charge in [0.15, 0.2) is 5.78 Å². The molecule has 2 N–H and O–H groups in total. The lowest BCUT2D eigenvalue weighted by Crippen LogP contribution is -2.49. The number of nitrogens with one attached hydrogen (secondary N) is 2. The van der Waals surface area contributed by atoms with Crippen LogP contribution in [0, 0.1) is 10.1 Å². The van der Waals surface area contributed by atoms with E-state index in [4.69, 9.17) is 4.84 Å². The highest BCUT2D eigenvalue weighted by Gasteiger charge is 2.28. The third-order valence-corrected chi connectivity index (χ3v) is 4.11. The standard InChI is InChI=1S/C16H27N5O5/c1-12(22)15(2,3)18-8-11-26-19-16(4,5)13(23)6-9-20-10-7-17-14(20)21(24)25/h7,10,18-19H,6,8-9,11H2,1-5H3. The number of rotatable bonds is 12. The van der Waals surface area contributed by atoms with Gasteiger partial charge in [-0.25, -0.2) is 4.57 Å². The Morgan fingerprint density at radius 3 is 2.54 bits per heavy atom. The van der Waals surface area contributed by atoms with Crippen LogP contribution in [0.4, 0.5) is 5.95 Å². The second kappa shape index (κ2) is 8.97. The van der Waals surface area contributed by atoms with Crippen LogP contribution in [0.1, 0.15) is 41.0 Å². The average molecular weight is 369 g/mol. The number of ketones is 2. The molecule has 0 aromatic carbocycles. The quantitative estimate of drug-likeness (QED) is 0.317. The van der Waals surface area contributed by atoms with Crippen LogP contribution in [0.5, 0.6) is 0 Å². The molecule has 146 valence electrons. The van der Waals surface area contributed by atoms with Gasteiger partial charge in [-0.15, -0.1) is 0 Å². The average Bonchev–Trinajstić information content (AvgIpc) is 3.00. The number of Topliss-reactive ketones (excluding diaryl/α,β-unsaturated/α-hetero) is 2. The molecule has 1 rings (SSSR count). The van der Waals surface area contributed by atoms with Gasteiger partial charge in [0.2, 0.25) is 0 Å². The smallest absolute Gasteiger partial charge is 0.390 e. The van der Waals surface area contributed by atoms with Crippen molar-refractivity contribution >= 4 is 17.5 Å². The van der Waals surface area contributed by atoms with Crippen LogP contribution in [0.15, 0.2) is 12.4 Å². The lowest BCUT2D eigenvalue weighted by Gasteiger charge is -2.26. The van der Waals surface area contributed by atoms with E-state index in [1.54, 1.807) is 27.7 Å². The summed E-state index contributed by atoms with van der Waals surface area (Å²) >= 11 is 0. The Balaban J connectivity index is 2.40. The summed E-state index contributed by atoms with van der Waals surface area (Å²) in [7, 11) is 0. The van der Waals surface area contributed by atoms with Gasteiger partial charge in [-0.2, -0.15) is 5.48 Å². The first kappa shape index (κ1) is 21.9. The molecule has 1 aromatic heterocycles. The summed E-state index contributed by atoms with van der Waals surface area (Å²) < 4.78 is 1.32. The van der Waals surface area contributed by atoms with Gasteiger partial charge in [-0.1, -0.05) is 4.98 Å². The molecular formula is C16H27N5O5. The van der Waals surface area contributed by atoms with Crippen molar-refractivity contribution in [1.82, 2.24) is 20.3 Å². The maximum Gasteiger partial charge on any atom is 0.434 e. The first-order valence-corrected chi connectivity index (χ1v) is 8.31. The Morgan fingerprint density at radius 1 is 1.31 bits per heavy atom. The van der Waals surface area contributed by atoms with Crippen LogP contribution < -0.4 is 10.8 Å². The number of nitro groups is 1. The van der Waals surface area contributed by atoms with E-state index in [0.717, 1.165) is 0 Å². The normalized spacial score (nSPS) is 12.2. The second-order valence-electron chi connectivity index (χ2n) is 7.03. The van der Waals surface area contributed by atoms with Gasteiger partial charge in [0.05, 0.1) is 24.2 Å². The molecule has 0 saturated carbocycles. The van der Waals surface area contributed by atoms with Crippen LogP contribution in [0.3, 0.4) is 0 Å². The van der Waals surface area contributed by atoms with Gasteiger partial charge >= 0.3 is 5.95 Å². The zero-order valence-electron chi connectivity index (χ0n) is 15.9. The summed E-state index contributed by atoms with van der Waals surface area (Å²) in [6.07, 6.45) is 2.88. The van der Waals surface area contributed by atoms with Crippen molar-refractivity contribution in [3.63, 3.8) is 0 Å². The van der Waals surface area contributed by atoms with Crippen molar-refractivity contribution in [1.29, 1.82) is 0 Å². The maximum atomic E-state index is 12.3. The lowest BCUT2D eigenvalue weighted by atomic mass is 9.98. The Bertz CT molecular complexity index is 653. The van der Waals surface area contributed by atoms with E-state index < -0.39 is 16.0 Å². The molecule has 0 aliphatic heterocycles.